The van der Waals surface area contributed by atoms with E-state index in [1.807, 2.05) is 0 Å². The van der Waals surface area contributed by atoms with Gasteiger partial charge in [-0.1, -0.05) is 0 Å². The van der Waals surface area contributed by atoms with E-state index in [9.17, 15) is 18.8 Å². The summed E-state index contributed by atoms with van der Waals surface area (Å²) in [5.41, 5.74) is 0. The van der Waals surface area contributed by atoms with Crippen LogP contribution in [0.25, 0.3) is 0 Å². The number of methoxy groups -OCH3 is 1. The Morgan fingerprint density at radius 2 is 1.81 bits per heavy atom. The number of halogens is 1. The average Bonchev–Trinajstić information content (AvgIpc) is 2.46. The maximum Gasteiger partial charge on any atom is 0.378 e. The van der Waals surface area contributed by atoms with Crippen molar-refractivity contribution in [3.63, 3.8) is 0 Å². The third-order valence-corrected chi connectivity index (χ3v) is 2.38. The lowest BCUT2D eigenvalue weighted by molar-refractivity contribution is -0.158. The van der Waals surface area contributed by atoms with E-state index >= 15 is 0 Å². The van der Waals surface area contributed by atoms with Gasteiger partial charge in [0.15, 0.2) is 6.61 Å². The van der Waals surface area contributed by atoms with Gasteiger partial charge in [0, 0.05) is 0 Å². The average molecular weight is 298 g/mol. The Bertz CT molecular complexity index is 511. The summed E-state index contributed by atoms with van der Waals surface area (Å²) in [6, 6.07) is 5.32. The molecule has 0 bridgehead atoms. The monoisotopic (exact) mass is 298 g/mol. The number of esters is 2. The molecule has 114 valence electrons. The predicted molar refractivity (Wildman–Crippen MR) is 69.1 cm³/mol. The highest BCUT2D eigenvalue weighted by Crippen LogP contribution is 2.14. The molecule has 21 heavy (non-hydrogen) atoms. The number of hydrogen-bond donors (Lipinski definition) is 0. The molecule has 6 nitrogen and oxygen atoms in total. The molecule has 1 aromatic rings. The minimum atomic E-state index is -1.07. The van der Waals surface area contributed by atoms with Crippen LogP contribution in [0.5, 0.6) is 5.75 Å². The lowest BCUT2D eigenvalue weighted by Crippen LogP contribution is -2.25. The van der Waals surface area contributed by atoms with Crippen LogP contribution in [0.2, 0.25) is 0 Å². The summed E-state index contributed by atoms with van der Waals surface area (Å²) in [6.07, 6.45) is -0.651. The second-order valence-corrected chi connectivity index (χ2v) is 4.16. The van der Waals surface area contributed by atoms with Crippen molar-refractivity contribution in [2.24, 2.45) is 0 Å². The van der Waals surface area contributed by atoms with Crippen molar-refractivity contribution in [1.82, 2.24) is 0 Å². The fourth-order valence-electron chi connectivity index (χ4n) is 1.40. The van der Waals surface area contributed by atoms with Crippen LogP contribution < -0.4 is 4.74 Å². The SMILES string of the molecule is COC(=O)C(=O)COC(=O)CC(C)Oc1ccc(F)cc1. The first-order valence-corrected chi connectivity index (χ1v) is 6.11. The number of hydrogen-bond acceptors (Lipinski definition) is 6. The Balaban J connectivity index is 2.35. The summed E-state index contributed by atoms with van der Waals surface area (Å²) in [5, 5.41) is 0. The number of ketones is 1. The molecule has 1 unspecified atom stereocenters. The molecule has 0 aliphatic heterocycles. The lowest BCUT2D eigenvalue weighted by atomic mass is 10.2. The van der Waals surface area contributed by atoms with Gasteiger partial charge < -0.3 is 14.2 Å². The normalized spacial score (nSPS) is 11.4. The van der Waals surface area contributed by atoms with Crippen molar-refractivity contribution in [2.75, 3.05) is 13.7 Å². The van der Waals surface area contributed by atoms with Crippen molar-refractivity contribution >= 4 is 17.7 Å². The Hall–Kier alpha value is -2.44. The molecule has 0 fully saturated rings. The number of carbonyl (C=O) groups is 3. The van der Waals surface area contributed by atoms with E-state index in [4.69, 9.17) is 4.74 Å². The Morgan fingerprint density at radius 1 is 1.19 bits per heavy atom. The number of ether oxygens (including phenoxy) is 3. The van der Waals surface area contributed by atoms with Crippen LogP contribution in [0.4, 0.5) is 4.39 Å². The summed E-state index contributed by atoms with van der Waals surface area (Å²) in [6.45, 7) is 0.946. The zero-order valence-corrected chi connectivity index (χ0v) is 11.6. The van der Waals surface area contributed by atoms with Crippen molar-refractivity contribution in [3.05, 3.63) is 30.1 Å². The maximum atomic E-state index is 12.7. The first-order valence-electron chi connectivity index (χ1n) is 6.11. The van der Waals surface area contributed by atoms with Crippen LogP contribution in [0.1, 0.15) is 13.3 Å². The van der Waals surface area contributed by atoms with E-state index in [0.717, 1.165) is 7.11 Å². The molecule has 1 atom stereocenters. The molecule has 0 radical (unpaired) electrons. The third-order valence-electron chi connectivity index (χ3n) is 2.38. The van der Waals surface area contributed by atoms with Crippen LogP contribution in [0, 0.1) is 5.82 Å². The van der Waals surface area contributed by atoms with E-state index in [0.29, 0.717) is 5.75 Å². The van der Waals surface area contributed by atoms with Crippen LogP contribution in [0.15, 0.2) is 24.3 Å². The molecule has 0 amide bonds. The molecule has 0 aliphatic rings. The van der Waals surface area contributed by atoms with Crippen LogP contribution in [0.3, 0.4) is 0 Å². The quantitative estimate of drug-likeness (QED) is 0.557. The lowest BCUT2D eigenvalue weighted by Gasteiger charge is -2.13. The van der Waals surface area contributed by atoms with Gasteiger partial charge in [-0.05, 0) is 31.2 Å². The van der Waals surface area contributed by atoms with E-state index in [2.05, 4.69) is 9.47 Å². The largest absolute Gasteiger partial charge is 0.490 e. The van der Waals surface area contributed by atoms with Gasteiger partial charge >= 0.3 is 11.9 Å². The minimum absolute atomic E-state index is 0.119. The van der Waals surface area contributed by atoms with Gasteiger partial charge in [-0.25, -0.2) is 9.18 Å². The molecule has 0 spiro atoms. The summed E-state index contributed by atoms with van der Waals surface area (Å²) in [4.78, 5) is 33.3. The van der Waals surface area contributed by atoms with E-state index in [1.54, 1.807) is 6.92 Å². The highest BCUT2D eigenvalue weighted by Gasteiger charge is 2.18. The van der Waals surface area contributed by atoms with Gasteiger partial charge in [0.25, 0.3) is 5.78 Å². The molecule has 0 heterocycles. The molecule has 0 saturated carbocycles. The van der Waals surface area contributed by atoms with Gasteiger partial charge in [0.05, 0.1) is 13.5 Å². The van der Waals surface area contributed by atoms with Crippen molar-refractivity contribution in [2.45, 2.75) is 19.4 Å². The molecule has 1 aromatic carbocycles. The maximum absolute atomic E-state index is 12.7. The zero-order chi connectivity index (χ0) is 15.8. The summed E-state index contributed by atoms with van der Waals surface area (Å²) in [5.74, 6) is -2.70. The first kappa shape index (κ1) is 16.6. The van der Waals surface area contributed by atoms with Crippen LogP contribution in [-0.2, 0) is 23.9 Å². The third kappa shape index (κ3) is 6.03. The summed E-state index contributed by atoms with van der Waals surface area (Å²) >= 11 is 0. The van der Waals surface area contributed by atoms with Crippen molar-refractivity contribution in [1.29, 1.82) is 0 Å². The number of benzene rings is 1. The van der Waals surface area contributed by atoms with Crippen molar-refractivity contribution < 1.29 is 33.0 Å². The highest BCUT2D eigenvalue weighted by molar-refractivity contribution is 6.34. The number of carbonyl (C=O) groups excluding carboxylic acids is 3. The standard InChI is InChI=1S/C14H15FO6/c1-9(21-11-5-3-10(15)4-6-11)7-13(17)20-8-12(16)14(18)19-2/h3-6,9H,7-8H2,1-2H3. The Labute approximate surface area is 120 Å². The molecule has 0 saturated heterocycles. The van der Waals surface area contributed by atoms with E-state index in [1.165, 1.54) is 24.3 Å². The number of Topliss-reactive ketones (excluding diaryl/α,β-unsaturated/α-hetero) is 1. The number of rotatable bonds is 7. The van der Waals surface area contributed by atoms with Crippen LogP contribution >= 0.6 is 0 Å². The van der Waals surface area contributed by atoms with Gasteiger partial charge in [0.1, 0.15) is 17.7 Å². The molecule has 0 N–H and O–H groups in total. The summed E-state index contributed by atoms with van der Waals surface area (Å²) in [7, 11) is 1.06. The second kappa shape index (κ2) is 7.98. The molecule has 0 aromatic heterocycles. The smallest absolute Gasteiger partial charge is 0.378 e. The molecular weight excluding hydrogens is 283 g/mol. The molecule has 1 rings (SSSR count). The van der Waals surface area contributed by atoms with E-state index < -0.39 is 36.2 Å². The van der Waals surface area contributed by atoms with Crippen LogP contribution in [-0.4, -0.2) is 37.5 Å². The fraction of sp³-hybridized carbons (Fsp3) is 0.357. The highest BCUT2D eigenvalue weighted by atomic mass is 19.1. The zero-order valence-electron chi connectivity index (χ0n) is 11.6. The summed E-state index contributed by atoms with van der Waals surface area (Å²) < 4.78 is 26.9. The molecule has 0 aliphatic carbocycles. The van der Waals surface area contributed by atoms with Gasteiger partial charge in [0.2, 0.25) is 0 Å². The van der Waals surface area contributed by atoms with E-state index in [-0.39, 0.29) is 6.42 Å². The topological polar surface area (TPSA) is 78.9 Å². The Kier molecular flexibility index (Phi) is 6.32. The van der Waals surface area contributed by atoms with Gasteiger partial charge in [-0.3, -0.25) is 9.59 Å². The van der Waals surface area contributed by atoms with Gasteiger partial charge in [-0.15, -0.1) is 0 Å². The fourth-order valence-corrected chi connectivity index (χ4v) is 1.40. The first-order chi connectivity index (χ1) is 9.92. The predicted octanol–water partition coefficient (Wildman–Crippen LogP) is 1.27. The minimum Gasteiger partial charge on any atom is -0.490 e. The molecular formula is C14H15FO6. The Morgan fingerprint density at radius 3 is 2.38 bits per heavy atom. The molecule has 7 heteroatoms. The van der Waals surface area contributed by atoms with Crippen molar-refractivity contribution in [3.8, 4) is 5.75 Å². The van der Waals surface area contributed by atoms with Gasteiger partial charge in [-0.2, -0.15) is 0 Å². The second-order valence-electron chi connectivity index (χ2n) is 4.16.